The molecule has 1 aromatic heterocycles. The van der Waals surface area contributed by atoms with Crippen molar-refractivity contribution in [1.82, 2.24) is 4.98 Å². The van der Waals surface area contributed by atoms with Crippen LogP contribution >= 0.6 is 15.6 Å². The molecule has 46 heavy (non-hydrogen) atoms. The number of Topliss-reactive ketones (excluding diaryl/α,β-unsaturated/α-hetero) is 1. The number of rotatable bonds is 15. The van der Waals surface area contributed by atoms with Gasteiger partial charge in [0.2, 0.25) is 5.78 Å². The number of phosphoric ester groups is 2. The van der Waals surface area contributed by atoms with E-state index in [1.807, 2.05) is 48.5 Å². The first-order chi connectivity index (χ1) is 22.2. The molecule has 3 aromatic rings. The number of fused-ring (bicyclic) bond motifs is 2. The second-order valence-corrected chi connectivity index (χ2v) is 13.2. The van der Waals surface area contributed by atoms with Gasteiger partial charge in [-0.2, -0.15) is 0 Å². The summed E-state index contributed by atoms with van der Waals surface area (Å²) in [7, 11) is -6.61. The van der Waals surface area contributed by atoms with Crippen molar-refractivity contribution >= 4 is 38.4 Å². The average molecular weight is 674 g/mol. The summed E-state index contributed by atoms with van der Waals surface area (Å²) in [6.45, 7) is 6.71. The number of hydrogen-bond acceptors (Lipinski definition) is 11. The Morgan fingerprint density at radius 3 is 2.17 bits per heavy atom. The summed E-state index contributed by atoms with van der Waals surface area (Å²) in [5, 5.41) is 0.799. The molecular weight excluding hydrogens is 636 g/mol. The van der Waals surface area contributed by atoms with Crippen LogP contribution in [0.4, 0.5) is 0 Å². The van der Waals surface area contributed by atoms with Crippen molar-refractivity contribution in [3.05, 3.63) is 83.5 Å². The van der Waals surface area contributed by atoms with Crippen molar-refractivity contribution < 1.29 is 50.5 Å². The molecule has 1 aliphatic carbocycles. The Labute approximate surface area is 267 Å². The number of benzene rings is 2. The Kier molecular flexibility index (Phi) is 10.7. The number of aromatic nitrogens is 1. The Morgan fingerprint density at radius 2 is 1.54 bits per heavy atom. The van der Waals surface area contributed by atoms with Gasteiger partial charge in [0, 0.05) is 22.5 Å². The Bertz CT molecular complexity index is 1740. The fourth-order valence-corrected chi connectivity index (χ4v) is 7.67. The molecule has 0 saturated carbocycles. The molecule has 1 saturated heterocycles. The zero-order valence-corrected chi connectivity index (χ0v) is 28.0. The van der Waals surface area contributed by atoms with E-state index in [-0.39, 0.29) is 43.7 Å². The number of nitrogens with one attached hydrogen (secondary N) is 1. The minimum atomic E-state index is -4.14. The van der Waals surface area contributed by atoms with Crippen LogP contribution in [0.3, 0.4) is 0 Å². The quantitative estimate of drug-likeness (QED) is 0.124. The maximum Gasteiger partial charge on any atom is 0.530 e. The maximum absolute atomic E-state index is 14.1. The average Bonchev–Trinajstić information content (AvgIpc) is 3.54. The van der Waals surface area contributed by atoms with E-state index >= 15 is 0 Å². The number of methoxy groups -OCH3 is 1. The second-order valence-electron chi connectivity index (χ2n) is 9.99. The minimum absolute atomic E-state index is 0.000789. The lowest BCUT2D eigenvalue weighted by molar-refractivity contribution is -0.119. The standard InChI is InChI=1S/C32H37NO11P2/c1-6-38-45(35,39-7-2)43-23-18-27-30(28(19-23)44-46(36,40-8-3)41-9-4)32(34)29(42-27)20-25-24-17-22(37-5)15-16-26(24)33-31(25)21-13-11-10-12-14-21/h10-20,28,30,33H,6-9H2,1-5H3/b29-20+. The maximum atomic E-state index is 14.1. The number of carbonyl (C=O) groups is 1. The molecule has 2 unspecified atom stereocenters. The zero-order chi connectivity index (χ0) is 32.9. The molecule has 0 bridgehead atoms. The Balaban J connectivity index is 1.60. The highest BCUT2D eigenvalue weighted by Crippen LogP contribution is 2.56. The van der Waals surface area contributed by atoms with E-state index in [0.717, 1.165) is 22.2 Å². The molecule has 0 amide bonds. The predicted octanol–water partition coefficient (Wildman–Crippen LogP) is 7.95. The summed E-state index contributed by atoms with van der Waals surface area (Å²) >= 11 is 0. The van der Waals surface area contributed by atoms with Gasteiger partial charge in [-0.05, 0) is 63.6 Å². The van der Waals surface area contributed by atoms with Crippen LogP contribution in [-0.2, 0) is 45.8 Å². The molecule has 2 aliphatic rings. The predicted molar refractivity (Wildman–Crippen MR) is 172 cm³/mol. The van der Waals surface area contributed by atoms with E-state index in [2.05, 4.69) is 4.98 Å². The van der Waals surface area contributed by atoms with Crippen LogP contribution in [0.15, 0.2) is 78.0 Å². The van der Waals surface area contributed by atoms with Gasteiger partial charge in [-0.1, -0.05) is 30.3 Å². The van der Waals surface area contributed by atoms with Gasteiger partial charge in [-0.25, -0.2) is 9.13 Å². The molecular formula is C32H37NO11P2. The van der Waals surface area contributed by atoms with Crippen molar-refractivity contribution in [2.24, 2.45) is 5.92 Å². The molecule has 14 heteroatoms. The third-order valence-electron chi connectivity index (χ3n) is 7.00. The van der Waals surface area contributed by atoms with Crippen molar-refractivity contribution in [2.45, 2.75) is 33.8 Å². The fraction of sp³-hybridized carbons (Fsp3) is 0.344. The van der Waals surface area contributed by atoms with Gasteiger partial charge in [0.15, 0.2) is 5.76 Å². The van der Waals surface area contributed by atoms with Crippen LogP contribution in [0.5, 0.6) is 5.75 Å². The number of hydrogen-bond donors (Lipinski definition) is 1. The molecule has 12 nitrogen and oxygen atoms in total. The van der Waals surface area contributed by atoms with E-state index in [4.69, 9.17) is 36.6 Å². The first-order valence-corrected chi connectivity index (χ1v) is 17.9. The molecule has 2 atom stereocenters. The number of carbonyl (C=O) groups excluding carboxylic acids is 1. The van der Waals surface area contributed by atoms with E-state index in [1.165, 1.54) is 12.2 Å². The first-order valence-electron chi connectivity index (χ1n) is 14.9. The number of aromatic amines is 1. The van der Waals surface area contributed by atoms with Crippen molar-refractivity contribution in [3.8, 4) is 17.0 Å². The van der Waals surface area contributed by atoms with Crippen LogP contribution in [0.25, 0.3) is 28.2 Å². The minimum Gasteiger partial charge on any atom is -0.497 e. The lowest BCUT2D eigenvalue weighted by Crippen LogP contribution is -2.29. The number of ketones is 1. The van der Waals surface area contributed by atoms with Crippen molar-refractivity contribution in [2.75, 3.05) is 33.5 Å². The zero-order valence-electron chi connectivity index (χ0n) is 26.2. The van der Waals surface area contributed by atoms with E-state index in [0.29, 0.717) is 11.3 Å². The summed E-state index contributed by atoms with van der Waals surface area (Å²) in [5.74, 6) is -0.795. The third-order valence-corrected chi connectivity index (χ3v) is 10.2. The van der Waals surface area contributed by atoms with Crippen LogP contribution in [-0.4, -0.2) is 50.4 Å². The van der Waals surface area contributed by atoms with Crippen LogP contribution in [0.1, 0.15) is 33.3 Å². The van der Waals surface area contributed by atoms with E-state index in [1.54, 1.807) is 40.9 Å². The largest absolute Gasteiger partial charge is 0.530 e. The molecule has 1 fully saturated rings. The monoisotopic (exact) mass is 673 g/mol. The fourth-order valence-electron chi connectivity index (χ4n) is 5.18. The van der Waals surface area contributed by atoms with Gasteiger partial charge >= 0.3 is 15.6 Å². The molecule has 2 heterocycles. The first kappa shape index (κ1) is 33.9. The molecule has 1 aliphatic heterocycles. The number of ether oxygens (including phenoxy) is 2. The molecule has 0 spiro atoms. The molecule has 0 radical (unpaired) electrons. The summed E-state index contributed by atoms with van der Waals surface area (Å²) < 4.78 is 71.2. The SMILES string of the molecule is CCOP(=O)(OCC)OC1=CC(OP(=O)(OCC)OCC)C2C(=O)/C(=C\c3c(-c4ccccc4)[nH]c4ccc(OC)cc34)OC2=C1. The van der Waals surface area contributed by atoms with Gasteiger partial charge in [0.25, 0.3) is 0 Å². The topological polar surface area (TPSA) is 141 Å². The van der Waals surface area contributed by atoms with Gasteiger partial charge in [-0.3, -0.25) is 27.4 Å². The number of phosphoric acid groups is 2. The normalized spacial score (nSPS) is 19.2. The third kappa shape index (κ3) is 7.24. The highest BCUT2D eigenvalue weighted by atomic mass is 31.2. The van der Waals surface area contributed by atoms with Crippen LogP contribution in [0, 0.1) is 5.92 Å². The lowest BCUT2D eigenvalue weighted by atomic mass is 9.91. The number of allylic oxidation sites excluding steroid dienone is 2. The van der Waals surface area contributed by atoms with Crippen LogP contribution < -0.4 is 4.74 Å². The summed E-state index contributed by atoms with van der Waals surface area (Å²) in [5.41, 5.74) is 3.17. The summed E-state index contributed by atoms with van der Waals surface area (Å²) in [4.78, 5) is 17.5. The summed E-state index contributed by atoms with van der Waals surface area (Å²) in [6, 6.07) is 15.3. The molecule has 1 N–H and O–H groups in total. The molecule has 2 aromatic carbocycles. The Hall–Kier alpha value is -3.47. The number of H-pyrrole nitrogens is 1. The van der Waals surface area contributed by atoms with E-state index in [9.17, 15) is 13.9 Å². The van der Waals surface area contributed by atoms with Crippen molar-refractivity contribution in [1.29, 1.82) is 0 Å². The lowest BCUT2D eigenvalue weighted by Gasteiger charge is -2.27. The highest BCUT2D eigenvalue weighted by molar-refractivity contribution is 7.48. The molecule has 246 valence electrons. The van der Waals surface area contributed by atoms with Gasteiger partial charge < -0.3 is 19.0 Å². The van der Waals surface area contributed by atoms with Crippen molar-refractivity contribution in [3.63, 3.8) is 0 Å². The smallest absolute Gasteiger partial charge is 0.497 e. The van der Waals surface area contributed by atoms with Crippen LogP contribution in [0.2, 0.25) is 0 Å². The second kappa shape index (κ2) is 14.5. The van der Waals surface area contributed by atoms with Gasteiger partial charge in [0.1, 0.15) is 29.3 Å². The molecule has 5 rings (SSSR count). The van der Waals surface area contributed by atoms with E-state index < -0.39 is 33.5 Å². The van der Waals surface area contributed by atoms with Gasteiger partial charge in [0.05, 0.1) is 39.2 Å². The Morgan fingerprint density at radius 1 is 0.891 bits per heavy atom. The highest BCUT2D eigenvalue weighted by Gasteiger charge is 2.48. The summed E-state index contributed by atoms with van der Waals surface area (Å²) in [6.07, 6.45) is 3.18. The van der Waals surface area contributed by atoms with Gasteiger partial charge in [-0.15, -0.1) is 0 Å².